The summed E-state index contributed by atoms with van der Waals surface area (Å²) in [5.74, 6) is 0.488. The lowest BCUT2D eigenvalue weighted by atomic mass is 10.1. The number of fused-ring (bicyclic) bond motifs is 1. The Hall–Kier alpha value is -2.82. The summed E-state index contributed by atoms with van der Waals surface area (Å²) < 4.78 is 5.59. The minimum Gasteiger partial charge on any atom is -0.479 e. The van der Waals surface area contributed by atoms with Crippen molar-refractivity contribution in [3.63, 3.8) is 0 Å². The number of amides is 2. The van der Waals surface area contributed by atoms with Gasteiger partial charge in [-0.15, -0.1) is 0 Å². The van der Waals surface area contributed by atoms with E-state index in [0.717, 1.165) is 5.56 Å². The van der Waals surface area contributed by atoms with Crippen LogP contribution in [0, 0.1) is 6.92 Å². The maximum Gasteiger partial charge on any atom is 0.267 e. The zero-order valence-corrected chi connectivity index (χ0v) is 14.7. The van der Waals surface area contributed by atoms with Gasteiger partial charge in [0.05, 0.1) is 5.69 Å². The number of anilines is 2. The lowest BCUT2D eigenvalue weighted by Crippen LogP contribution is -2.41. The van der Waals surface area contributed by atoms with Gasteiger partial charge in [-0.3, -0.25) is 9.59 Å². The third kappa shape index (κ3) is 3.82. The number of likely N-dealkylation sites (N-methyl/N-ethyl adjacent to an activating group) is 1. The lowest BCUT2D eigenvalue weighted by Gasteiger charge is -2.30. The standard InChI is InChI=1S/C20H22N2O3/c1-13-4-6-15(7-5-13)8-11-19(23)21-16-9-10-18-17(12-16)22(3)20(24)14(2)25-18/h4-7,9-10,12,14H,8,11H2,1-3H3,(H,21,23). The summed E-state index contributed by atoms with van der Waals surface area (Å²) in [6.07, 6.45) is 0.603. The fourth-order valence-corrected chi connectivity index (χ4v) is 2.83. The fourth-order valence-electron chi connectivity index (χ4n) is 2.83. The Morgan fingerprint density at radius 1 is 1.20 bits per heavy atom. The van der Waals surface area contributed by atoms with Crippen LogP contribution in [-0.4, -0.2) is 25.0 Å². The average molecular weight is 338 g/mol. The summed E-state index contributed by atoms with van der Waals surface area (Å²) in [6.45, 7) is 3.77. The van der Waals surface area contributed by atoms with Gasteiger partial charge in [-0.25, -0.2) is 0 Å². The second-order valence-corrected chi connectivity index (χ2v) is 6.37. The molecule has 130 valence electrons. The summed E-state index contributed by atoms with van der Waals surface area (Å²) in [7, 11) is 1.71. The van der Waals surface area contributed by atoms with E-state index in [1.54, 1.807) is 37.1 Å². The summed E-state index contributed by atoms with van der Waals surface area (Å²) in [4.78, 5) is 25.8. The molecule has 1 heterocycles. The number of hydrogen-bond donors (Lipinski definition) is 1. The van der Waals surface area contributed by atoms with Crippen molar-refractivity contribution in [1.29, 1.82) is 0 Å². The largest absolute Gasteiger partial charge is 0.479 e. The summed E-state index contributed by atoms with van der Waals surface area (Å²) in [6, 6.07) is 13.5. The van der Waals surface area contributed by atoms with Crippen molar-refractivity contribution in [3.05, 3.63) is 53.6 Å². The highest BCUT2D eigenvalue weighted by molar-refractivity contribution is 6.00. The van der Waals surface area contributed by atoms with Gasteiger partial charge in [-0.05, 0) is 44.0 Å². The van der Waals surface area contributed by atoms with Crippen LogP contribution >= 0.6 is 0 Å². The molecule has 2 amide bonds. The zero-order chi connectivity index (χ0) is 18.0. The van der Waals surface area contributed by atoms with Crippen LogP contribution in [0.25, 0.3) is 0 Å². The number of carbonyl (C=O) groups is 2. The molecule has 0 radical (unpaired) electrons. The van der Waals surface area contributed by atoms with Crippen molar-refractivity contribution in [2.24, 2.45) is 0 Å². The molecule has 2 aromatic rings. The van der Waals surface area contributed by atoms with E-state index in [2.05, 4.69) is 5.32 Å². The second-order valence-electron chi connectivity index (χ2n) is 6.37. The van der Waals surface area contributed by atoms with Gasteiger partial charge < -0.3 is 15.0 Å². The molecule has 1 atom stereocenters. The van der Waals surface area contributed by atoms with E-state index in [1.807, 2.05) is 31.2 Å². The Labute approximate surface area is 147 Å². The van der Waals surface area contributed by atoms with E-state index < -0.39 is 6.10 Å². The van der Waals surface area contributed by atoms with Crippen molar-refractivity contribution < 1.29 is 14.3 Å². The highest BCUT2D eigenvalue weighted by Crippen LogP contribution is 2.35. The molecule has 0 saturated heterocycles. The van der Waals surface area contributed by atoms with Crippen LogP contribution in [0.5, 0.6) is 5.75 Å². The Morgan fingerprint density at radius 2 is 1.92 bits per heavy atom. The van der Waals surface area contributed by atoms with Gasteiger partial charge in [0, 0.05) is 19.2 Å². The number of nitrogens with one attached hydrogen (secondary N) is 1. The smallest absolute Gasteiger partial charge is 0.267 e. The minimum atomic E-state index is -0.493. The first-order valence-electron chi connectivity index (χ1n) is 8.38. The average Bonchev–Trinajstić information content (AvgIpc) is 2.60. The molecule has 2 aromatic carbocycles. The molecule has 1 N–H and O–H groups in total. The summed E-state index contributed by atoms with van der Waals surface area (Å²) in [5, 5.41) is 2.89. The molecule has 1 unspecified atom stereocenters. The molecule has 0 fully saturated rings. The normalized spacial score (nSPS) is 16.2. The van der Waals surface area contributed by atoms with Gasteiger partial charge >= 0.3 is 0 Å². The van der Waals surface area contributed by atoms with Crippen LogP contribution in [0.3, 0.4) is 0 Å². The highest BCUT2D eigenvalue weighted by Gasteiger charge is 2.28. The second kappa shape index (κ2) is 6.97. The quantitative estimate of drug-likeness (QED) is 0.930. The van der Waals surface area contributed by atoms with Crippen LogP contribution in [0.15, 0.2) is 42.5 Å². The van der Waals surface area contributed by atoms with E-state index in [0.29, 0.717) is 30.0 Å². The molecule has 0 bridgehead atoms. The van der Waals surface area contributed by atoms with Gasteiger partial charge in [0.15, 0.2) is 6.10 Å². The molecule has 0 spiro atoms. The lowest BCUT2D eigenvalue weighted by molar-refractivity contribution is -0.125. The first-order chi connectivity index (χ1) is 11.9. The van der Waals surface area contributed by atoms with Crippen molar-refractivity contribution in [2.45, 2.75) is 32.8 Å². The molecule has 0 aromatic heterocycles. The van der Waals surface area contributed by atoms with Crippen molar-refractivity contribution >= 4 is 23.2 Å². The van der Waals surface area contributed by atoms with Crippen LogP contribution in [0.1, 0.15) is 24.5 Å². The highest BCUT2D eigenvalue weighted by atomic mass is 16.5. The first-order valence-corrected chi connectivity index (χ1v) is 8.38. The predicted octanol–water partition coefficient (Wildman–Crippen LogP) is 3.31. The van der Waals surface area contributed by atoms with Crippen LogP contribution in [0.2, 0.25) is 0 Å². The molecular formula is C20H22N2O3. The van der Waals surface area contributed by atoms with E-state index in [1.165, 1.54) is 5.56 Å². The van der Waals surface area contributed by atoms with Crippen LogP contribution < -0.4 is 15.0 Å². The van der Waals surface area contributed by atoms with E-state index in [-0.39, 0.29) is 11.8 Å². The number of nitrogens with zero attached hydrogens (tertiary/aromatic N) is 1. The predicted molar refractivity (Wildman–Crippen MR) is 98.1 cm³/mol. The number of benzene rings is 2. The Bertz CT molecular complexity index is 799. The molecule has 1 aliphatic heterocycles. The topological polar surface area (TPSA) is 58.6 Å². The number of ether oxygens (including phenoxy) is 1. The Balaban J connectivity index is 1.64. The first kappa shape index (κ1) is 17.0. The van der Waals surface area contributed by atoms with E-state index in [9.17, 15) is 9.59 Å². The van der Waals surface area contributed by atoms with Crippen LogP contribution in [-0.2, 0) is 16.0 Å². The number of aryl methyl sites for hydroxylation is 2. The van der Waals surface area contributed by atoms with Gasteiger partial charge in [0.25, 0.3) is 5.91 Å². The maximum atomic E-state index is 12.2. The monoisotopic (exact) mass is 338 g/mol. The Morgan fingerprint density at radius 3 is 2.64 bits per heavy atom. The molecule has 0 aliphatic carbocycles. The molecule has 25 heavy (non-hydrogen) atoms. The molecule has 3 rings (SSSR count). The van der Waals surface area contributed by atoms with Gasteiger partial charge in [0.1, 0.15) is 5.75 Å². The van der Waals surface area contributed by atoms with Crippen LogP contribution in [0.4, 0.5) is 11.4 Å². The van der Waals surface area contributed by atoms with Gasteiger partial charge in [-0.1, -0.05) is 29.8 Å². The zero-order valence-electron chi connectivity index (χ0n) is 14.7. The minimum absolute atomic E-state index is 0.0559. The van der Waals surface area contributed by atoms with Gasteiger partial charge in [0.2, 0.25) is 5.91 Å². The van der Waals surface area contributed by atoms with Crippen molar-refractivity contribution in [2.75, 3.05) is 17.3 Å². The van der Waals surface area contributed by atoms with Crippen molar-refractivity contribution in [3.8, 4) is 5.75 Å². The number of hydrogen-bond acceptors (Lipinski definition) is 3. The SMILES string of the molecule is Cc1ccc(CCC(=O)Nc2ccc3c(c2)N(C)C(=O)C(C)O3)cc1. The van der Waals surface area contributed by atoms with E-state index >= 15 is 0 Å². The third-order valence-corrected chi connectivity index (χ3v) is 4.35. The molecular weight excluding hydrogens is 316 g/mol. The fraction of sp³-hybridized carbons (Fsp3) is 0.300. The maximum absolute atomic E-state index is 12.2. The van der Waals surface area contributed by atoms with Crippen molar-refractivity contribution in [1.82, 2.24) is 0 Å². The number of carbonyl (C=O) groups excluding carboxylic acids is 2. The molecule has 5 heteroatoms. The molecule has 1 aliphatic rings. The molecule has 5 nitrogen and oxygen atoms in total. The van der Waals surface area contributed by atoms with E-state index in [4.69, 9.17) is 4.74 Å². The summed E-state index contributed by atoms with van der Waals surface area (Å²) >= 11 is 0. The number of rotatable bonds is 4. The Kier molecular flexibility index (Phi) is 4.74. The van der Waals surface area contributed by atoms with Gasteiger partial charge in [-0.2, -0.15) is 0 Å². The third-order valence-electron chi connectivity index (χ3n) is 4.35. The molecule has 0 saturated carbocycles. The summed E-state index contributed by atoms with van der Waals surface area (Å²) in [5.41, 5.74) is 3.67.